The number of methoxy groups -OCH3 is 3. The zero-order valence-corrected chi connectivity index (χ0v) is 47.6. The standard InChI is InChI=1S/C31H44N2O5.C30H42N2O5.Li.2H2O/c1-24(36-2)22-33(19-10-9-14-28-17-16-26-13-7-8-15-29(26)32-28)20-18-27(31(35)37-3)21-30(34)38-23-25-11-5-4-6-12-25;1-23(36-2)21-32(18-9-8-13-27-16-15-25-12-6-7-14-28(25)31-27)19-17-26(30(34)35)20-29(33)37-22-24-10-4-3-5-11-24;;;/h4-6,11-12,16-17,24,27H,7-10,13-15,18-23H2,1-3H3;3-5,10-11,15-16,23,26H,6-9,12-14,17-22H2,1-2H3,(H,34,35);;2*1H2/q;;+1;;/p-1/t24-,27-;23-,26-;;;/m11.../s1. The Morgan fingerprint density at radius 1 is 0.564 bits per heavy atom. The number of esters is 3. The third-order valence-electron chi connectivity index (χ3n) is 14.4. The van der Waals surface area contributed by atoms with Crippen LogP contribution in [-0.2, 0) is 94.6 Å². The molecule has 2 aromatic carbocycles. The number of carboxylic acid groups (broad SMARTS) is 1. The van der Waals surface area contributed by atoms with Gasteiger partial charge in [-0.15, -0.1) is 0 Å². The molecule has 17 heteroatoms. The minimum absolute atomic E-state index is 0. The molecule has 0 bridgehead atoms. The monoisotopic (exact) mass is 1080 g/mol. The van der Waals surface area contributed by atoms with Crippen LogP contribution in [-0.4, -0.2) is 133 Å². The molecule has 78 heavy (non-hydrogen) atoms. The first kappa shape index (κ1) is 69.1. The third-order valence-corrected chi connectivity index (χ3v) is 14.4. The van der Waals surface area contributed by atoms with Crippen molar-refractivity contribution >= 4 is 23.9 Å². The number of aryl methyl sites for hydroxylation is 6. The molecule has 0 unspecified atom stereocenters. The van der Waals surface area contributed by atoms with Crippen LogP contribution in [0.2, 0.25) is 0 Å². The Hall–Kier alpha value is -5.02. The number of ether oxygens (including phenoxy) is 5. The second-order valence-electron chi connectivity index (χ2n) is 20.4. The number of pyridine rings is 2. The number of fused-ring (bicyclic) bond motifs is 2. The van der Waals surface area contributed by atoms with Gasteiger partial charge in [-0.3, -0.25) is 29.1 Å². The molecule has 2 aliphatic rings. The van der Waals surface area contributed by atoms with E-state index in [9.17, 15) is 24.3 Å². The fraction of sp³-hybridized carbons (Fsp3) is 0.574. The van der Waals surface area contributed by atoms with Crippen molar-refractivity contribution in [2.45, 2.75) is 155 Å². The van der Waals surface area contributed by atoms with Crippen LogP contribution in [0.15, 0.2) is 84.9 Å². The number of unbranched alkanes of at least 4 members (excludes halogenated alkanes) is 2. The summed E-state index contributed by atoms with van der Waals surface area (Å²) in [5.41, 5.74) is 9.55. The van der Waals surface area contributed by atoms with Gasteiger partial charge in [0.1, 0.15) is 13.2 Å². The number of carbonyl (C=O) groups excluding carboxylic acids is 3. The van der Waals surface area contributed by atoms with Gasteiger partial charge < -0.3 is 49.5 Å². The summed E-state index contributed by atoms with van der Waals surface area (Å²) >= 11 is 0. The molecule has 0 fully saturated rings. The number of hydrogen-bond donors (Lipinski definition) is 1. The maximum absolute atomic E-state index is 12.5. The van der Waals surface area contributed by atoms with Crippen molar-refractivity contribution in [2.24, 2.45) is 11.8 Å². The Morgan fingerprint density at radius 3 is 1.38 bits per heavy atom. The SMILES string of the molecule is COC(=O)[C@H](CCN(CCCCc1ccc2c(n1)CCCC2)C[C@@H](C)OC)CC(=O)OCc1ccccc1.CO[C@H](C)CN(CCCCc1ccc2c(n1)CCCC2)CC[C@H](CC(=O)OCc1ccccc1)C(=O)O.O.[Li+].[OH-]. The Morgan fingerprint density at radius 2 is 0.974 bits per heavy atom. The molecule has 16 nitrogen and oxygen atoms in total. The predicted molar refractivity (Wildman–Crippen MR) is 297 cm³/mol. The number of rotatable bonds is 32. The molecule has 2 heterocycles. The molecule has 0 aliphatic heterocycles. The molecule has 426 valence electrons. The number of aliphatic carboxylic acids is 1. The molecular weight excluding hydrogens is 988 g/mol. The summed E-state index contributed by atoms with van der Waals surface area (Å²) in [7, 11) is 4.77. The summed E-state index contributed by atoms with van der Waals surface area (Å²) in [5, 5.41) is 9.71. The van der Waals surface area contributed by atoms with Crippen LogP contribution in [0.4, 0.5) is 0 Å². The Balaban J connectivity index is 0.000000514. The summed E-state index contributed by atoms with van der Waals surface area (Å²) in [6, 6.07) is 27.8. The number of carboxylic acids is 1. The van der Waals surface area contributed by atoms with E-state index in [-0.39, 0.29) is 74.0 Å². The molecular formula is C61H89LiN4O12. The van der Waals surface area contributed by atoms with Crippen LogP contribution in [0.1, 0.15) is 136 Å². The van der Waals surface area contributed by atoms with E-state index in [1.54, 1.807) is 14.2 Å². The second-order valence-corrected chi connectivity index (χ2v) is 20.4. The normalized spacial score (nSPS) is 14.0. The molecule has 6 rings (SSSR count). The number of nitrogens with zero attached hydrogens (tertiary/aromatic N) is 4. The van der Waals surface area contributed by atoms with Gasteiger partial charge in [-0.25, -0.2) is 0 Å². The van der Waals surface area contributed by atoms with Crippen molar-refractivity contribution in [3.8, 4) is 0 Å². The largest absolute Gasteiger partial charge is 1.00 e. The molecule has 0 saturated heterocycles. The zero-order chi connectivity index (χ0) is 53.6. The van der Waals surface area contributed by atoms with Gasteiger partial charge in [-0.05, 0) is 177 Å². The van der Waals surface area contributed by atoms with Gasteiger partial charge >= 0.3 is 42.7 Å². The second kappa shape index (κ2) is 39.4. The maximum Gasteiger partial charge on any atom is 1.00 e. The van der Waals surface area contributed by atoms with E-state index < -0.39 is 29.7 Å². The first-order valence-corrected chi connectivity index (χ1v) is 27.6. The van der Waals surface area contributed by atoms with Crippen LogP contribution in [0, 0.1) is 11.8 Å². The van der Waals surface area contributed by atoms with Gasteiger partial charge in [-0.1, -0.05) is 72.8 Å². The van der Waals surface area contributed by atoms with Gasteiger partial charge in [0.05, 0.1) is 44.0 Å². The first-order valence-electron chi connectivity index (χ1n) is 27.6. The van der Waals surface area contributed by atoms with E-state index >= 15 is 0 Å². The van der Waals surface area contributed by atoms with Crippen molar-refractivity contribution in [1.82, 2.24) is 19.8 Å². The van der Waals surface area contributed by atoms with Crippen molar-refractivity contribution in [3.05, 3.63) is 130 Å². The summed E-state index contributed by atoms with van der Waals surface area (Å²) in [6.07, 6.45) is 16.5. The molecule has 0 radical (unpaired) electrons. The Bertz CT molecular complexity index is 2310. The summed E-state index contributed by atoms with van der Waals surface area (Å²) in [5.74, 6) is -3.52. The van der Waals surface area contributed by atoms with Gasteiger partial charge in [0.15, 0.2) is 0 Å². The predicted octanol–water partition coefficient (Wildman–Crippen LogP) is 5.78. The molecule has 4 atom stereocenters. The van der Waals surface area contributed by atoms with Crippen molar-refractivity contribution < 1.29 is 77.8 Å². The molecule has 0 spiro atoms. The Labute approximate surface area is 476 Å². The molecule has 0 saturated carbocycles. The fourth-order valence-electron chi connectivity index (χ4n) is 9.74. The maximum atomic E-state index is 12.5. The minimum Gasteiger partial charge on any atom is -0.870 e. The van der Waals surface area contributed by atoms with Crippen LogP contribution in [0.5, 0.6) is 0 Å². The molecule has 4 aromatic rings. The third kappa shape index (κ3) is 26.3. The first-order chi connectivity index (χ1) is 36.4. The van der Waals surface area contributed by atoms with Gasteiger partial charge in [0.25, 0.3) is 0 Å². The van der Waals surface area contributed by atoms with Crippen molar-refractivity contribution in [1.29, 1.82) is 0 Å². The quantitative estimate of drug-likeness (QED) is 0.0265. The molecule has 4 N–H and O–H groups in total. The van der Waals surface area contributed by atoms with Gasteiger partial charge in [0.2, 0.25) is 0 Å². The smallest absolute Gasteiger partial charge is 0.870 e. The average molecular weight is 1080 g/mol. The van der Waals surface area contributed by atoms with Crippen LogP contribution in [0.3, 0.4) is 0 Å². The topological polar surface area (TPSA) is 228 Å². The van der Waals surface area contributed by atoms with Crippen LogP contribution < -0.4 is 18.9 Å². The minimum atomic E-state index is -0.963. The summed E-state index contributed by atoms with van der Waals surface area (Å²) < 4.78 is 26.7. The number of carbonyl (C=O) groups is 4. The van der Waals surface area contributed by atoms with E-state index in [1.165, 1.54) is 61.0 Å². The average Bonchev–Trinajstić information content (AvgIpc) is 3.44. The van der Waals surface area contributed by atoms with Crippen LogP contribution in [0.25, 0.3) is 0 Å². The summed E-state index contributed by atoms with van der Waals surface area (Å²) in [4.78, 5) is 63.5. The zero-order valence-electron chi connectivity index (χ0n) is 47.6. The van der Waals surface area contributed by atoms with E-state index in [0.29, 0.717) is 25.9 Å². The van der Waals surface area contributed by atoms with Crippen molar-refractivity contribution in [3.63, 3.8) is 0 Å². The van der Waals surface area contributed by atoms with Gasteiger partial charge in [0, 0.05) is 50.1 Å². The van der Waals surface area contributed by atoms with E-state index in [4.69, 9.17) is 33.7 Å². The van der Waals surface area contributed by atoms with Gasteiger partial charge in [-0.2, -0.15) is 0 Å². The molecule has 0 amide bonds. The van der Waals surface area contributed by atoms with E-state index in [0.717, 1.165) is 107 Å². The molecule has 2 aromatic heterocycles. The van der Waals surface area contributed by atoms with E-state index in [2.05, 4.69) is 34.1 Å². The number of aromatic nitrogens is 2. The number of benzene rings is 2. The Kier molecular flexibility index (Phi) is 34.9. The van der Waals surface area contributed by atoms with E-state index in [1.807, 2.05) is 74.5 Å². The molecule has 2 aliphatic carbocycles. The number of hydrogen-bond acceptors (Lipinski definition) is 14. The fourth-order valence-corrected chi connectivity index (χ4v) is 9.74. The summed E-state index contributed by atoms with van der Waals surface area (Å²) in [6.45, 7) is 8.91. The van der Waals surface area contributed by atoms with Crippen molar-refractivity contribution in [2.75, 3.05) is 60.6 Å². The van der Waals surface area contributed by atoms with Crippen LogP contribution >= 0.6 is 0 Å².